The Morgan fingerprint density at radius 2 is 2.20 bits per heavy atom. The van der Waals surface area contributed by atoms with Gasteiger partial charge in [-0.15, -0.1) is 0 Å². The van der Waals surface area contributed by atoms with Gasteiger partial charge in [0.15, 0.2) is 0 Å². The van der Waals surface area contributed by atoms with Crippen LogP contribution in [0.1, 0.15) is 5.56 Å². The van der Waals surface area contributed by atoms with Gasteiger partial charge in [0.2, 0.25) is 11.8 Å². The van der Waals surface area contributed by atoms with Crippen LogP contribution in [-0.4, -0.2) is 14.9 Å². The molecule has 2 rings (SSSR count). The fourth-order valence-electron chi connectivity index (χ4n) is 1.54. The van der Waals surface area contributed by atoms with Gasteiger partial charge in [-0.3, -0.25) is 15.5 Å². The van der Waals surface area contributed by atoms with Gasteiger partial charge < -0.3 is 5.32 Å². The number of anilines is 3. The van der Waals surface area contributed by atoms with Crippen LogP contribution in [0.25, 0.3) is 0 Å². The van der Waals surface area contributed by atoms with Gasteiger partial charge in [0, 0.05) is 10.7 Å². The number of nitrogen functional groups attached to an aromatic ring is 1. The van der Waals surface area contributed by atoms with Crippen LogP contribution in [0.3, 0.4) is 0 Å². The van der Waals surface area contributed by atoms with Crippen LogP contribution in [0.5, 0.6) is 0 Å². The van der Waals surface area contributed by atoms with Crippen LogP contribution in [0.2, 0.25) is 5.02 Å². The molecule has 0 saturated carbocycles. The van der Waals surface area contributed by atoms with Crippen LogP contribution in [0.15, 0.2) is 24.4 Å². The summed E-state index contributed by atoms with van der Waals surface area (Å²) in [6, 6.07) is 5.19. The normalized spacial score (nSPS) is 10.2. The second-order valence-electron chi connectivity index (χ2n) is 3.87. The topological polar surface area (TPSA) is 119 Å². The zero-order valence-corrected chi connectivity index (χ0v) is 11.2. The molecule has 1 aromatic heterocycles. The molecule has 0 unspecified atom stereocenters. The smallest absolute Gasteiger partial charge is 0.329 e. The molecule has 1 heterocycles. The second kappa shape index (κ2) is 5.68. The Hall–Kier alpha value is -2.45. The van der Waals surface area contributed by atoms with Gasteiger partial charge in [0.05, 0.1) is 4.92 Å². The molecule has 8 nitrogen and oxygen atoms in total. The molecular formula is C11H11ClN6O2. The standard InChI is InChI=1S/C11H11ClN6O2/c1-6-7(12)3-2-4-8(6)15-10-9(18(19)20)5-14-11(16-10)17-13/h2-5H,13H2,1H3,(H2,14,15,16,17). The first-order valence-electron chi connectivity index (χ1n) is 5.53. The highest BCUT2D eigenvalue weighted by Gasteiger charge is 2.18. The van der Waals surface area contributed by atoms with Crippen LogP contribution in [0, 0.1) is 17.0 Å². The molecule has 2 aromatic rings. The Bertz CT molecular complexity index is 663. The molecule has 0 saturated heterocycles. The summed E-state index contributed by atoms with van der Waals surface area (Å²) in [4.78, 5) is 18.0. The van der Waals surface area contributed by atoms with E-state index in [0.717, 1.165) is 11.8 Å². The summed E-state index contributed by atoms with van der Waals surface area (Å²) in [6.07, 6.45) is 1.07. The van der Waals surface area contributed by atoms with Gasteiger partial charge in [0.1, 0.15) is 6.20 Å². The molecule has 104 valence electrons. The molecule has 0 spiro atoms. The Labute approximate surface area is 119 Å². The molecule has 0 amide bonds. The number of nitrogens with zero attached hydrogens (tertiary/aromatic N) is 3. The lowest BCUT2D eigenvalue weighted by Crippen LogP contribution is -2.12. The number of hydrazine groups is 1. The van der Waals surface area contributed by atoms with Crippen molar-refractivity contribution in [3.05, 3.63) is 45.1 Å². The first-order valence-corrected chi connectivity index (χ1v) is 5.91. The van der Waals surface area contributed by atoms with Crippen molar-refractivity contribution in [2.24, 2.45) is 5.84 Å². The van der Waals surface area contributed by atoms with Crippen molar-refractivity contribution in [2.45, 2.75) is 6.92 Å². The summed E-state index contributed by atoms with van der Waals surface area (Å²) in [6.45, 7) is 1.79. The predicted molar refractivity (Wildman–Crippen MR) is 76.0 cm³/mol. The van der Waals surface area contributed by atoms with Crippen molar-refractivity contribution in [1.29, 1.82) is 0 Å². The van der Waals surface area contributed by atoms with Gasteiger partial charge in [-0.1, -0.05) is 17.7 Å². The van der Waals surface area contributed by atoms with Crippen molar-refractivity contribution in [2.75, 3.05) is 10.7 Å². The number of aromatic nitrogens is 2. The number of rotatable bonds is 4. The zero-order valence-electron chi connectivity index (χ0n) is 10.4. The number of hydrogen-bond donors (Lipinski definition) is 3. The van der Waals surface area contributed by atoms with E-state index in [2.05, 4.69) is 20.7 Å². The molecule has 20 heavy (non-hydrogen) atoms. The van der Waals surface area contributed by atoms with E-state index < -0.39 is 4.92 Å². The third-order valence-electron chi connectivity index (χ3n) is 2.62. The molecule has 0 aliphatic heterocycles. The van der Waals surface area contributed by atoms with E-state index in [1.165, 1.54) is 0 Å². The van der Waals surface area contributed by atoms with E-state index in [-0.39, 0.29) is 17.5 Å². The van der Waals surface area contributed by atoms with Crippen molar-refractivity contribution in [3.8, 4) is 0 Å². The lowest BCUT2D eigenvalue weighted by atomic mass is 10.2. The second-order valence-corrected chi connectivity index (χ2v) is 4.27. The molecule has 1 aromatic carbocycles. The minimum Gasteiger partial charge on any atom is -0.334 e. The molecule has 9 heteroatoms. The molecule has 0 radical (unpaired) electrons. The number of nitrogens with one attached hydrogen (secondary N) is 2. The molecule has 0 aliphatic rings. The average molecular weight is 295 g/mol. The van der Waals surface area contributed by atoms with E-state index in [1.807, 2.05) is 0 Å². The summed E-state index contributed by atoms with van der Waals surface area (Å²) in [5, 5.41) is 14.4. The molecule has 0 atom stereocenters. The number of hydrogen-bond acceptors (Lipinski definition) is 7. The number of nitrogens with two attached hydrogens (primary N) is 1. The maximum Gasteiger partial charge on any atom is 0.329 e. The number of halogens is 1. The number of benzene rings is 1. The lowest BCUT2D eigenvalue weighted by molar-refractivity contribution is -0.384. The Balaban J connectivity index is 2.46. The van der Waals surface area contributed by atoms with Gasteiger partial charge >= 0.3 is 5.69 Å². The predicted octanol–water partition coefficient (Wildman–Crippen LogP) is 2.38. The summed E-state index contributed by atoms with van der Waals surface area (Å²) in [7, 11) is 0. The molecule has 4 N–H and O–H groups in total. The molecule has 0 fully saturated rings. The molecule has 0 bridgehead atoms. The van der Waals surface area contributed by atoms with Gasteiger partial charge in [-0.25, -0.2) is 10.8 Å². The minimum atomic E-state index is -0.581. The van der Waals surface area contributed by atoms with Gasteiger partial charge in [0.25, 0.3) is 0 Å². The van der Waals surface area contributed by atoms with E-state index in [0.29, 0.717) is 10.7 Å². The third kappa shape index (κ3) is 2.76. The first-order chi connectivity index (χ1) is 9.52. The van der Waals surface area contributed by atoms with Gasteiger partial charge in [-0.05, 0) is 24.6 Å². The molecule has 0 aliphatic carbocycles. The maximum atomic E-state index is 11.0. The van der Waals surface area contributed by atoms with Crippen LogP contribution in [-0.2, 0) is 0 Å². The summed E-state index contributed by atoms with van der Waals surface area (Å²) < 4.78 is 0. The lowest BCUT2D eigenvalue weighted by Gasteiger charge is -2.10. The van der Waals surface area contributed by atoms with Crippen molar-refractivity contribution >= 4 is 34.7 Å². The Morgan fingerprint density at radius 1 is 1.45 bits per heavy atom. The highest BCUT2D eigenvalue weighted by atomic mass is 35.5. The quantitative estimate of drug-likeness (QED) is 0.450. The van der Waals surface area contributed by atoms with Crippen LogP contribution < -0.4 is 16.6 Å². The SMILES string of the molecule is Cc1c(Cl)cccc1Nc1nc(NN)ncc1[N+](=O)[O-]. The summed E-state index contributed by atoms with van der Waals surface area (Å²) in [5.41, 5.74) is 3.34. The van der Waals surface area contributed by atoms with E-state index in [9.17, 15) is 10.1 Å². The maximum absolute atomic E-state index is 11.0. The first kappa shape index (κ1) is 14.0. The fraction of sp³-hybridized carbons (Fsp3) is 0.0909. The highest BCUT2D eigenvalue weighted by molar-refractivity contribution is 6.31. The van der Waals surface area contributed by atoms with Gasteiger partial charge in [-0.2, -0.15) is 4.98 Å². The minimum absolute atomic E-state index is 0.0308. The largest absolute Gasteiger partial charge is 0.334 e. The van der Waals surface area contributed by atoms with E-state index >= 15 is 0 Å². The van der Waals surface area contributed by atoms with Crippen molar-refractivity contribution in [3.63, 3.8) is 0 Å². The summed E-state index contributed by atoms with van der Waals surface area (Å²) >= 11 is 6.00. The monoisotopic (exact) mass is 294 g/mol. The van der Waals surface area contributed by atoms with Crippen LogP contribution in [0.4, 0.5) is 23.1 Å². The zero-order chi connectivity index (χ0) is 14.7. The average Bonchev–Trinajstić information content (AvgIpc) is 2.43. The fourth-order valence-corrected chi connectivity index (χ4v) is 1.72. The van der Waals surface area contributed by atoms with Crippen molar-refractivity contribution in [1.82, 2.24) is 9.97 Å². The third-order valence-corrected chi connectivity index (χ3v) is 3.03. The number of nitro groups is 1. The van der Waals surface area contributed by atoms with Crippen molar-refractivity contribution < 1.29 is 4.92 Å². The Morgan fingerprint density at radius 3 is 2.85 bits per heavy atom. The summed E-state index contributed by atoms with van der Waals surface area (Å²) in [5.74, 6) is 5.30. The van der Waals surface area contributed by atoms with E-state index in [4.69, 9.17) is 17.4 Å². The molecular weight excluding hydrogens is 284 g/mol. The Kier molecular flexibility index (Phi) is 3.97. The highest BCUT2D eigenvalue weighted by Crippen LogP contribution is 2.29. The van der Waals surface area contributed by atoms with Crippen LogP contribution >= 0.6 is 11.6 Å². The van der Waals surface area contributed by atoms with E-state index in [1.54, 1.807) is 25.1 Å².